The highest BCUT2D eigenvalue weighted by molar-refractivity contribution is 5.91. The summed E-state index contributed by atoms with van der Waals surface area (Å²) in [5.41, 5.74) is 3.78. The zero-order valence-electron chi connectivity index (χ0n) is 35.4. The SMILES string of the molecule is CCCCCCCCCCCCCCCCCCOC(C)c1ccc(C(=O)Oc2ccc(-c3ccc(OCCCCCCCCCCCC)cc3)cc2)cc1. The van der Waals surface area contributed by atoms with Crippen molar-refractivity contribution >= 4 is 5.97 Å². The van der Waals surface area contributed by atoms with E-state index >= 15 is 0 Å². The van der Waals surface area contributed by atoms with Gasteiger partial charge < -0.3 is 14.2 Å². The largest absolute Gasteiger partial charge is 0.494 e. The second kappa shape index (κ2) is 31.0. The monoisotopic (exact) mass is 755 g/mol. The molecule has 0 radical (unpaired) electrons. The van der Waals surface area contributed by atoms with Crippen LogP contribution < -0.4 is 9.47 Å². The minimum Gasteiger partial charge on any atom is -0.494 e. The molecule has 306 valence electrons. The van der Waals surface area contributed by atoms with Gasteiger partial charge in [0.2, 0.25) is 0 Å². The Hall–Kier alpha value is -3.11. The molecule has 0 heterocycles. The maximum Gasteiger partial charge on any atom is 0.343 e. The third-order valence-corrected chi connectivity index (χ3v) is 11.0. The van der Waals surface area contributed by atoms with Crippen LogP contribution in [0.3, 0.4) is 0 Å². The Morgan fingerprint density at radius 1 is 0.436 bits per heavy atom. The van der Waals surface area contributed by atoms with Crippen LogP contribution in [0.5, 0.6) is 11.5 Å². The van der Waals surface area contributed by atoms with E-state index in [9.17, 15) is 4.79 Å². The molecule has 0 saturated carbocycles. The molecule has 0 aliphatic rings. The first-order chi connectivity index (χ1) is 27.1. The van der Waals surface area contributed by atoms with Crippen LogP contribution in [0.15, 0.2) is 72.8 Å². The summed E-state index contributed by atoms with van der Waals surface area (Å²) in [5, 5.41) is 0. The van der Waals surface area contributed by atoms with E-state index in [4.69, 9.17) is 14.2 Å². The van der Waals surface area contributed by atoms with E-state index in [2.05, 4.69) is 32.9 Å². The van der Waals surface area contributed by atoms with Crippen LogP contribution in [0.1, 0.15) is 210 Å². The summed E-state index contributed by atoms with van der Waals surface area (Å²) in [6.07, 6.45) is 35.2. The van der Waals surface area contributed by atoms with Crippen LogP contribution in [0.4, 0.5) is 0 Å². The predicted molar refractivity (Wildman–Crippen MR) is 235 cm³/mol. The zero-order chi connectivity index (χ0) is 39.0. The standard InChI is InChI=1S/C51H78O4/c1-4-6-8-10-12-14-16-17-18-19-20-21-23-24-26-28-42-53-44(3)45-30-32-48(33-31-45)51(52)55-50-40-36-47(37-41-50)46-34-38-49(39-35-46)54-43-29-27-25-22-15-13-11-9-7-5-2/h30-41,44H,4-29,42-43H2,1-3H3. The third-order valence-electron chi connectivity index (χ3n) is 11.0. The summed E-state index contributed by atoms with van der Waals surface area (Å²) in [5.74, 6) is 1.09. The fourth-order valence-corrected chi connectivity index (χ4v) is 7.30. The molecule has 0 saturated heterocycles. The van der Waals surface area contributed by atoms with Crippen molar-refractivity contribution in [1.82, 2.24) is 0 Å². The molecule has 4 heteroatoms. The van der Waals surface area contributed by atoms with Gasteiger partial charge in [-0.1, -0.05) is 204 Å². The van der Waals surface area contributed by atoms with E-state index in [0.717, 1.165) is 48.5 Å². The van der Waals surface area contributed by atoms with Crippen LogP contribution in [-0.4, -0.2) is 19.2 Å². The van der Waals surface area contributed by atoms with Crippen molar-refractivity contribution in [3.05, 3.63) is 83.9 Å². The lowest BCUT2D eigenvalue weighted by Gasteiger charge is -2.14. The molecule has 4 nitrogen and oxygen atoms in total. The number of carbonyl (C=O) groups is 1. The molecule has 0 amide bonds. The van der Waals surface area contributed by atoms with Gasteiger partial charge in [-0.2, -0.15) is 0 Å². The lowest BCUT2D eigenvalue weighted by Crippen LogP contribution is -2.09. The number of ether oxygens (including phenoxy) is 3. The molecule has 0 spiro atoms. The lowest BCUT2D eigenvalue weighted by molar-refractivity contribution is 0.0626. The summed E-state index contributed by atoms with van der Waals surface area (Å²) in [7, 11) is 0. The maximum absolute atomic E-state index is 12.9. The summed E-state index contributed by atoms with van der Waals surface area (Å²) < 4.78 is 17.8. The Morgan fingerprint density at radius 3 is 1.22 bits per heavy atom. The molecule has 3 aromatic carbocycles. The van der Waals surface area contributed by atoms with Crippen molar-refractivity contribution in [2.24, 2.45) is 0 Å². The Kier molecular flexibility index (Phi) is 26.1. The Morgan fingerprint density at radius 2 is 0.800 bits per heavy atom. The Bertz CT molecular complexity index is 1330. The molecule has 1 atom stereocenters. The summed E-state index contributed by atoms with van der Waals surface area (Å²) in [4.78, 5) is 12.9. The van der Waals surface area contributed by atoms with Crippen molar-refractivity contribution in [1.29, 1.82) is 0 Å². The predicted octanol–water partition coefficient (Wildman–Crippen LogP) is 16.2. The van der Waals surface area contributed by atoms with E-state index in [1.54, 1.807) is 0 Å². The van der Waals surface area contributed by atoms with E-state index in [1.807, 2.05) is 60.7 Å². The smallest absolute Gasteiger partial charge is 0.343 e. The molecular weight excluding hydrogens is 677 g/mol. The molecular formula is C51H78O4. The molecule has 1 unspecified atom stereocenters. The van der Waals surface area contributed by atoms with Gasteiger partial charge in [0.15, 0.2) is 0 Å². The topological polar surface area (TPSA) is 44.8 Å². The normalized spacial score (nSPS) is 11.8. The van der Waals surface area contributed by atoms with Crippen LogP contribution in [-0.2, 0) is 4.74 Å². The highest BCUT2D eigenvalue weighted by atomic mass is 16.5. The number of esters is 1. The molecule has 0 aliphatic heterocycles. The van der Waals surface area contributed by atoms with Crippen molar-refractivity contribution in [2.75, 3.05) is 13.2 Å². The van der Waals surface area contributed by atoms with Crippen LogP contribution in [0.2, 0.25) is 0 Å². The number of benzene rings is 3. The van der Waals surface area contributed by atoms with E-state index in [-0.39, 0.29) is 12.1 Å². The molecule has 0 bridgehead atoms. The number of hydrogen-bond acceptors (Lipinski definition) is 4. The summed E-state index contributed by atoms with van der Waals surface area (Å²) in [6.45, 7) is 8.19. The van der Waals surface area contributed by atoms with Gasteiger partial charge in [-0.05, 0) is 72.9 Å². The number of hydrogen-bond donors (Lipinski definition) is 0. The van der Waals surface area contributed by atoms with Crippen molar-refractivity contribution in [3.8, 4) is 22.6 Å². The molecule has 0 fully saturated rings. The zero-order valence-corrected chi connectivity index (χ0v) is 35.4. The first kappa shape index (κ1) is 46.3. The van der Waals surface area contributed by atoms with Crippen molar-refractivity contribution in [3.63, 3.8) is 0 Å². The van der Waals surface area contributed by atoms with Gasteiger partial charge in [0, 0.05) is 6.61 Å². The van der Waals surface area contributed by atoms with E-state index in [0.29, 0.717) is 11.3 Å². The third kappa shape index (κ3) is 21.7. The van der Waals surface area contributed by atoms with Gasteiger partial charge in [0.05, 0.1) is 18.3 Å². The number of unbranched alkanes of at least 4 members (excludes halogenated alkanes) is 24. The lowest BCUT2D eigenvalue weighted by atomic mass is 10.0. The second-order valence-corrected chi connectivity index (χ2v) is 15.9. The average molecular weight is 755 g/mol. The van der Waals surface area contributed by atoms with Gasteiger partial charge >= 0.3 is 5.97 Å². The number of carbonyl (C=O) groups excluding carboxylic acids is 1. The van der Waals surface area contributed by atoms with Crippen molar-refractivity contribution < 1.29 is 19.0 Å². The molecule has 0 N–H and O–H groups in total. The first-order valence-electron chi connectivity index (χ1n) is 22.9. The highest BCUT2D eigenvalue weighted by Crippen LogP contribution is 2.26. The highest BCUT2D eigenvalue weighted by Gasteiger charge is 2.12. The minimum absolute atomic E-state index is 0.000813. The average Bonchev–Trinajstić information content (AvgIpc) is 3.21. The van der Waals surface area contributed by atoms with Gasteiger partial charge in [0.25, 0.3) is 0 Å². The molecule has 0 aliphatic carbocycles. The molecule has 55 heavy (non-hydrogen) atoms. The van der Waals surface area contributed by atoms with Gasteiger partial charge in [-0.15, -0.1) is 0 Å². The van der Waals surface area contributed by atoms with E-state index in [1.165, 1.54) is 154 Å². The second-order valence-electron chi connectivity index (χ2n) is 15.9. The van der Waals surface area contributed by atoms with Crippen molar-refractivity contribution in [2.45, 2.75) is 194 Å². The first-order valence-corrected chi connectivity index (χ1v) is 22.9. The van der Waals surface area contributed by atoms with Crippen LogP contribution >= 0.6 is 0 Å². The maximum atomic E-state index is 12.9. The quantitative estimate of drug-likeness (QED) is 0.0346. The number of rotatable bonds is 34. The van der Waals surface area contributed by atoms with Gasteiger partial charge in [0.1, 0.15) is 11.5 Å². The Balaban J connectivity index is 1.22. The van der Waals surface area contributed by atoms with E-state index < -0.39 is 0 Å². The van der Waals surface area contributed by atoms with Gasteiger partial charge in [-0.3, -0.25) is 0 Å². The minimum atomic E-state index is -0.357. The molecule has 3 rings (SSSR count). The molecule has 3 aromatic rings. The fourth-order valence-electron chi connectivity index (χ4n) is 7.30. The molecule has 0 aromatic heterocycles. The Labute approximate surface area is 337 Å². The summed E-state index contributed by atoms with van der Waals surface area (Å²) >= 11 is 0. The van der Waals surface area contributed by atoms with Crippen LogP contribution in [0.25, 0.3) is 11.1 Å². The summed E-state index contributed by atoms with van der Waals surface area (Å²) in [6, 6.07) is 23.6. The van der Waals surface area contributed by atoms with Crippen LogP contribution in [0, 0.1) is 0 Å². The fraction of sp³-hybridized carbons (Fsp3) is 0.627. The van der Waals surface area contributed by atoms with Gasteiger partial charge in [-0.25, -0.2) is 4.79 Å².